The first kappa shape index (κ1) is 8.79. The van der Waals surface area contributed by atoms with Gasteiger partial charge in [0.25, 0.3) is 5.91 Å². The van der Waals surface area contributed by atoms with Gasteiger partial charge in [0.2, 0.25) is 0 Å². The fourth-order valence-corrected chi connectivity index (χ4v) is 0.902. The summed E-state index contributed by atoms with van der Waals surface area (Å²) in [5, 5.41) is 2.51. The van der Waals surface area contributed by atoms with Gasteiger partial charge in [0.15, 0.2) is 6.10 Å². The van der Waals surface area contributed by atoms with Crippen molar-refractivity contribution in [2.24, 2.45) is 5.73 Å². The Morgan fingerprint density at radius 2 is 2.50 bits per heavy atom. The van der Waals surface area contributed by atoms with Crippen LogP contribution in [0.4, 0.5) is 4.79 Å². The van der Waals surface area contributed by atoms with Crippen LogP contribution in [0.15, 0.2) is 0 Å². The van der Waals surface area contributed by atoms with E-state index in [4.69, 9.17) is 5.73 Å². The lowest BCUT2D eigenvalue weighted by Gasteiger charge is -2.07. The highest BCUT2D eigenvalue weighted by atomic mass is 16.7. The monoisotopic (exact) mass is 174 g/mol. The molecule has 0 bridgehead atoms. The summed E-state index contributed by atoms with van der Waals surface area (Å²) in [6.45, 7) is 0.284. The lowest BCUT2D eigenvalue weighted by Crippen LogP contribution is -2.28. The van der Waals surface area contributed by atoms with E-state index in [9.17, 15) is 9.59 Å². The lowest BCUT2D eigenvalue weighted by molar-refractivity contribution is -0.127. The number of carbonyl (C=O) groups is 2. The van der Waals surface area contributed by atoms with Crippen LogP contribution in [0, 0.1) is 0 Å². The molecule has 12 heavy (non-hydrogen) atoms. The molecule has 0 aromatic heterocycles. The summed E-state index contributed by atoms with van der Waals surface area (Å²) in [6.07, 6.45) is -1.14. The fourth-order valence-electron chi connectivity index (χ4n) is 0.902. The van der Waals surface area contributed by atoms with E-state index >= 15 is 0 Å². The zero-order valence-electron chi connectivity index (χ0n) is 6.41. The van der Waals surface area contributed by atoms with Crippen LogP contribution in [0.2, 0.25) is 0 Å². The summed E-state index contributed by atoms with van der Waals surface area (Å²) in [5.74, 6) is -0.288. The molecular weight excluding hydrogens is 164 g/mol. The van der Waals surface area contributed by atoms with E-state index in [0.717, 1.165) is 0 Å². The van der Waals surface area contributed by atoms with Crippen LogP contribution in [-0.4, -0.2) is 31.4 Å². The first-order chi connectivity index (χ1) is 5.74. The van der Waals surface area contributed by atoms with Crippen molar-refractivity contribution >= 4 is 12.1 Å². The van der Waals surface area contributed by atoms with Gasteiger partial charge in [-0.25, -0.2) is 4.79 Å². The van der Waals surface area contributed by atoms with Crippen LogP contribution < -0.4 is 11.1 Å². The Morgan fingerprint density at radius 1 is 1.75 bits per heavy atom. The molecule has 6 nitrogen and oxygen atoms in total. The van der Waals surface area contributed by atoms with Crippen LogP contribution in [0.1, 0.15) is 6.42 Å². The highest BCUT2D eigenvalue weighted by molar-refractivity contribution is 5.84. The Labute approximate surface area is 69.0 Å². The molecule has 1 atom stereocenters. The molecule has 1 unspecified atom stereocenters. The van der Waals surface area contributed by atoms with E-state index in [-0.39, 0.29) is 12.6 Å². The minimum atomic E-state index is -0.903. The Morgan fingerprint density at radius 3 is 3.00 bits per heavy atom. The molecule has 1 amide bonds. The van der Waals surface area contributed by atoms with Crippen molar-refractivity contribution < 1.29 is 19.1 Å². The molecule has 1 rings (SSSR count). The smallest absolute Gasteiger partial charge is 0.421 e. The number of rotatable bonds is 2. The Hall–Kier alpha value is -1.30. The summed E-state index contributed by atoms with van der Waals surface area (Å²) in [6, 6.07) is 0. The van der Waals surface area contributed by atoms with E-state index in [1.807, 2.05) is 0 Å². The molecule has 1 aliphatic rings. The van der Waals surface area contributed by atoms with Gasteiger partial charge in [-0.3, -0.25) is 10.5 Å². The van der Waals surface area contributed by atoms with Crippen LogP contribution in [0.25, 0.3) is 0 Å². The van der Waals surface area contributed by atoms with Gasteiger partial charge >= 0.3 is 6.16 Å². The van der Waals surface area contributed by atoms with Gasteiger partial charge < -0.3 is 14.8 Å². The molecule has 0 spiro atoms. The van der Waals surface area contributed by atoms with Gasteiger partial charge in [0.05, 0.1) is 0 Å². The molecule has 0 aromatic carbocycles. The number of ether oxygens (including phenoxy) is 2. The predicted molar refractivity (Wildman–Crippen MR) is 38.0 cm³/mol. The van der Waals surface area contributed by atoms with Crippen molar-refractivity contribution in [3.8, 4) is 0 Å². The molecule has 0 radical (unpaired) electrons. The van der Waals surface area contributed by atoms with Crippen molar-refractivity contribution in [1.82, 2.24) is 5.32 Å². The summed E-state index contributed by atoms with van der Waals surface area (Å²) < 4.78 is 8.90. The second-order valence-electron chi connectivity index (χ2n) is 2.25. The summed E-state index contributed by atoms with van der Waals surface area (Å²) in [5.41, 5.74) is 4.91. The van der Waals surface area contributed by atoms with Crippen molar-refractivity contribution in [2.75, 3.05) is 13.3 Å². The minimum absolute atomic E-state index is 0.243. The molecule has 1 saturated heterocycles. The quantitative estimate of drug-likeness (QED) is 0.411. The average Bonchev–Trinajstić information content (AvgIpc) is 2.37. The number of amides is 1. The largest absolute Gasteiger partial charge is 0.510 e. The van der Waals surface area contributed by atoms with Gasteiger partial charge in [-0.05, 0) is 0 Å². The molecule has 0 saturated carbocycles. The van der Waals surface area contributed by atoms with E-state index in [1.165, 1.54) is 0 Å². The van der Waals surface area contributed by atoms with Crippen LogP contribution in [0.5, 0.6) is 0 Å². The van der Waals surface area contributed by atoms with Crippen LogP contribution in [0.3, 0.4) is 0 Å². The molecule has 0 aliphatic carbocycles. The lowest BCUT2D eigenvalue weighted by atomic mass is 10.3. The third kappa shape index (κ3) is 2.09. The maximum Gasteiger partial charge on any atom is 0.510 e. The van der Waals surface area contributed by atoms with E-state index < -0.39 is 12.3 Å². The normalized spacial score (nSPS) is 21.8. The number of hydrogen-bond acceptors (Lipinski definition) is 5. The number of nitrogens with two attached hydrogens (primary N) is 1. The highest BCUT2D eigenvalue weighted by Crippen LogP contribution is 2.05. The van der Waals surface area contributed by atoms with Gasteiger partial charge in [-0.15, -0.1) is 0 Å². The maximum absolute atomic E-state index is 10.8. The SMILES string of the molecule is NCOC(=O)OC1CCNC1=O. The third-order valence-corrected chi connectivity index (χ3v) is 1.44. The molecule has 1 fully saturated rings. The number of hydrogen-bond donors (Lipinski definition) is 2. The van der Waals surface area contributed by atoms with Crippen LogP contribution >= 0.6 is 0 Å². The Balaban J connectivity index is 2.30. The van der Waals surface area contributed by atoms with Gasteiger partial charge in [0, 0.05) is 13.0 Å². The second kappa shape index (κ2) is 3.91. The van der Waals surface area contributed by atoms with Crippen molar-refractivity contribution in [2.45, 2.75) is 12.5 Å². The van der Waals surface area contributed by atoms with E-state index in [2.05, 4.69) is 14.8 Å². The Kier molecular flexibility index (Phi) is 2.87. The summed E-state index contributed by atoms with van der Waals surface area (Å²) in [4.78, 5) is 21.5. The first-order valence-electron chi connectivity index (χ1n) is 3.55. The Bertz CT molecular complexity index is 194. The molecule has 0 aromatic rings. The van der Waals surface area contributed by atoms with Gasteiger partial charge in [0.1, 0.15) is 6.73 Å². The minimum Gasteiger partial charge on any atom is -0.421 e. The number of nitrogens with one attached hydrogen (secondary N) is 1. The zero-order valence-corrected chi connectivity index (χ0v) is 6.41. The third-order valence-electron chi connectivity index (χ3n) is 1.44. The first-order valence-corrected chi connectivity index (χ1v) is 3.55. The molecule has 1 aliphatic heterocycles. The number of carbonyl (C=O) groups excluding carboxylic acids is 2. The van der Waals surface area contributed by atoms with Crippen molar-refractivity contribution in [1.29, 1.82) is 0 Å². The van der Waals surface area contributed by atoms with Crippen molar-refractivity contribution in [3.63, 3.8) is 0 Å². The summed E-state index contributed by atoms with van der Waals surface area (Å²) in [7, 11) is 0. The zero-order chi connectivity index (χ0) is 8.97. The van der Waals surface area contributed by atoms with Gasteiger partial charge in [-0.2, -0.15) is 0 Å². The van der Waals surface area contributed by atoms with E-state index in [0.29, 0.717) is 13.0 Å². The molecule has 1 heterocycles. The molecular formula is C6H10N2O4. The molecule has 6 heteroatoms. The predicted octanol–water partition coefficient (Wildman–Crippen LogP) is -1.06. The van der Waals surface area contributed by atoms with Gasteiger partial charge in [-0.1, -0.05) is 0 Å². The van der Waals surface area contributed by atoms with E-state index in [1.54, 1.807) is 0 Å². The highest BCUT2D eigenvalue weighted by Gasteiger charge is 2.28. The van der Waals surface area contributed by atoms with Crippen molar-refractivity contribution in [3.05, 3.63) is 0 Å². The second-order valence-corrected chi connectivity index (χ2v) is 2.25. The maximum atomic E-state index is 10.8. The summed E-state index contributed by atoms with van der Waals surface area (Å²) >= 11 is 0. The molecule has 68 valence electrons. The fraction of sp³-hybridized carbons (Fsp3) is 0.667. The molecule has 3 N–H and O–H groups in total. The average molecular weight is 174 g/mol. The standard InChI is InChI=1S/C6H10N2O4/c7-3-11-6(10)12-4-1-2-8-5(4)9/h4H,1-3,7H2,(H,8,9). The topological polar surface area (TPSA) is 90.7 Å². The van der Waals surface area contributed by atoms with Crippen LogP contribution in [-0.2, 0) is 14.3 Å².